The van der Waals surface area contributed by atoms with Crippen LogP contribution in [-0.4, -0.2) is 29.1 Å². The van der Waals surface area contributed by atoms with E-state index in [1.165, 1.54) is 6.07 Å². The minimum absolute atomic E-state index is 0.0165. The van der Waals surface area contributed by atoms with Crippen LogP contribution < -0.4 is 5.32 Å². The quantitative estimate of drug-likeness (QED) is 0.583. The number of aryl methyl sites for hydroxylation is 1. The van der Waals surface area contributed by atoms with Gasteiger partial charge in [-0.15, -0.1) is 0 Å². The Labute approximate surface area is 190 Å². The first-order valence-electron chi connectivity index (χ1n) is 10.8. The maximum absolute atomic E-state index is 12.8. The normalized spacial score (nSPS) is 12.8. The predicted molar refractivity (Wildman–Crippen MR) is 124 cm³/mol. The molecule has 0 saturated carbocycles. The fourth-order valence-electron chi connectivity index (χ4n) is 2.79. The molecule has 2 aromatic rings. The molecule has 32 heavy (non-hydrogen) atoms. The van der Waals surface area contributed by atoms with Gasteiger partial charge in [0, 0.05) is 17.6 Å². The molecular formula is C26H35NO5. The lowest BCUT2D eigenvalue weighted by Gasteiger charge is -2.26. The molecule has 0 aliphatic heterocycles. The average Bonchev–Trinajstić information content (AvgIpc) is 2.69. The summed E-state index contributed by atoms with van der Waals surface area (Å²) >= 11 is 0. The van der Waals surface area contributed by atoms with Gasteiger partial charge in [0.15, 0.2) is 0 Å². The molecular weight excluding hydrogens is 406 g/mol. The number of benzene rings is 2. The third kappa shape index (κ3) is 7.68. The van der Waals surface area contributed by atoms with Crippen LogP contribution in [0.2, 0.25) is 0 Å². The summed E-state index contributed by atoms with van der Waals surface area (Å²) in [4.78, 5) is 24.9. The van der Waals surface area contributed by atoms with Crippen molar-refractivity contribution in [3.05, 3.63) is 64.7 Å². The number of ether oxygens (including phenoxy) is 2. The third-order valence-electron chi connectivity index (χ3n) is 4.80. The van der Waals surface area contributed by atoms with Crippen LogP contribution in [0.4, 0.5) is 0 Å². The molecule has 174 valence electrons. The Morgan fingerprint density at radius 2 is 1.62 bits per heavy atom. The van der Waals surface area contributed by atoms with Crippen LogP contribution in [0, 0.1) is 12.3 Å². The number of esters is 2. The largest absolute Gasteiger partial charge is 0.508 e. The van der Waals surface area contributed by atoms with Crippen molar-refractivity contribution in [1.82, 2.24) is 5.32 Å². The summed E-state index contributed by atoms with van der Waals surface area (Å²) in [6.45, 7) is 13.7. The molecule has 0 saturated heterocycles. The Balaban J connectivity index is 2.26. The Morgan fingerprint density at radius 3 is 2.19 bits per heavy atom. The Bertz CT molecular complexity index is 936. The van der Waals surface area contributed by atoms with Crippen LogP contribution in [-0.2, 0) is 20.9 Å². The molecule has 0 aromatic heterocycles. The number of carbonyl (C=O) groups excluding carboxylic acids is 2. The summed E-state index contributed by atoms with van der Waals surface area (Å²) < 4.78 is 11.2. The zero-order valence-electron chi connectivity index (χ0n) is 20.1. The van der Waals surface area contributed by atoms with Crippen molar-refractivity contribution in [3.8, 4) is 5.75 Å². The smallest absolute Gasteiger partial charge is 0.338 e. The Hall–Kier alpha value is -2.86. The van der Waals surface area contributed by atoms with E-state index in [9.17, 15) is 14.7 Å². The SMILES string of the molecule is Cc1ccc(C(=O)OC(CNC(C)(C)C)c2ccc(O)c(COC(=O)C(C)(C)C)c2)cc1. The minimum atomic E-state index is -0.643. The second-order valence-electron chi connectivity index (χ2n) is 10.1. The third-order valence-corrected chi connectivity index (χ3v) is 4.80. The Morgan fingerprint density at radius 1 is 1.00 bits per heavy atom. The van der Waals surface area contributed by atoms with E-state index < -0.39 is 17.5 Å². The monoisotopic (exact) mass is 441 g/mol. The maximum atomic E-state index is 12.8. The molecule has 0 aliphatic rings. The lowest BCUT2D eigenvalue weighted by Crippen LogP contribution is -2.39. The molecule has 6 heteroatoms. The van der Waals surface area contributed by atoms with Gasteiger partial charge in [0.05, 0.1) is 11.0 Å². The van der Waals surface area contributed by atoms with Gasteiger partial charge in [0.25, 0.3) is 0 Å². The van der Waals surface area contributed by atoms with Crippen molar-refractivity contribution in [3.63, 3.8) is 0 Å². The Kier molecular flexibility index (Phi) is 8.07. The molecule has 1 unspecified atom stereocenters. The lowest BCUT2D eigenvalue weighted by molar-refractivity contribution is -0.154. The molecule has 2 rings (SSSR count). The van der Waals surface area contributed by atoms with Crippen LogP contribution >= 0.6 is 0 Å². The van der Waals surface area contributed by atoms with Crippen molar-refractivity contribution in [2.45, 2.75) is 66.7 Å². The van der Waals surface area contributed by atoms with Crippen molar-refractivity contribution in [1.29, 1.82) is 0 Å². The summed E-state index contributed by atoms with van der Waals surface area (Å²) in [6, 6.07) is 12.1. The van der Waals surface area contributed by atoms with Crippen molar-refractivity contribution < 1.29 is 24.2 Å². The molecule has 2 aromatic carbocycles. The van der Waals surface area contributed by atoms with Crippen LogP contribution in [0.1, 0.15) is 74.7 Å². The maximum Gasteiger partial charge on any atom is 0.338 e. The predicted octanol–water partition coefficient (Wildman–Crippen LogP) is 5.08. The van der Waals surface area contributed by atoms with Gasteiger partial charge < -0.3 is 19.9 Å². The number of nitrogens with one attached hydrogen (secondary N) is 1. The van der Waals surface area contributed by atoms with Gasteiger partial charge in [-0.1, -0.05) is 23.8 Å². The van der Waals surface area contributed by atoms with Crippen LogP contribution in [0.5, 0.6) is 5.75 Å². The molecule has 0 heterocycles. The van der Waals surface area contributed by atoms with E-state index in [1.807, 2.05) is 39.8 Å². The van der Waals surface area contributed by atoms with E-state index in [2.05, 4.69) is 5.32 Å². The van der Waals surface area contributed by atoms with Crippen LogP contribution in [0.25, 0.3) is 0 Å². The van der Waals surface area contributed by atoms with E-state index >= 15 is 0 Å². The van der Waals surface area contributed by atoms with Crippen molar-refractivity contribution in [2.24, 2.45) is 5.41 Å². The molecule has 0 spiro atoms. The molecule has 0 bridgehead atoms. The summed E-state index contributed by atoms with van der Waals surface area (Å²) in [6.07, 6.45) is -0.597. The highest BCUT2D eigenvalue weighted by Gasteiger charge is 2.25. The van der Waals surface area contributed by atoms with Crippen molar-refractivity contribution >= 4 is 11.9 Å². The molecule has 1 atom stereocenters. The fourth-order valence-corrected chi connectivity index (χ4v) is 2.79. The van der Waals surface area contributed by atoms with E-state index in [-0.39, 0.29) is 23.9 Å². The fraction of sp³-hybridized carbons (Fsp3) is 0.462. The number of phenols is 1. The van der Waals surface area contributed by atoms with E-state index in [1.54, 1.807) is 45.0 Å². The van der Waals surface area contributed by atoms with Crippen LogP contribution in [0.3, 0.4) is 0 Å². The lowest BCUT2D eigenvalue weighted by atomic mass is 9.97. The van der Waals surface area contributed by atoms with Gasteiger partial charge >= 0.3 is 11.9 Å². The van der Waals surface area contributed by atoms with Gasteiger partial charge in [-0.2, -0.15) is 0 Å². The summed E-state index contributed by atoms with van der Waals surface area (Å²) in [5.41, 5.74) is 1.84. The number of hydrogen-bond acceptors (Lipinski definition) is 6. The number of rotatable bonds is 7. The van der Waals surface area contributed by atoms with E-state index in [0.29, 0.717) is 23.2 Å². The van der Waals surface area contributed by atoms with Gasteiger partial charge in [0.2, 0.25) is 0 Å². The van der Waals surface area contributed by atoms with Gasteiger partial charge in [-0.25, -0.2) is 4.79 Å². The molecule has 2 N–H and O–H groups in total. The zero-order chi connectivity index (χ0) is 24.1. The summed E-state index contributed by atoms with van der Waals surface area (Å²) in [5, 5.41) is 13.6. The first-order valence-corrected chi connectivity index (χ1v) is 10.8. The number of aromatic hydroxyl groups is 1. The van der Waals surface area contributed by atoms with Crippen molar-refractivity contribution in [2.75, 3.05) is 6.54 Å². The highest BCUT2D eigenvalue weighted by molar-refractivity contribution is 5.89. The minimum Gasteiger partial charge on any atom is -0.508 e. The van der Waals surface area contributed by atoms with Gasteiger partial charge in [-0.05, 0) is 78.3 Å². The molecule has 0 aliphatic carbocycles. The first-order chi connectivity index (χ1) is 14.8. The first kappa shape index (κ1) is 25.4. The second kappa shape index (κ2) is 10.2. The molecule has 0 amide bonds. The molecule has 6 nitrogen and oxygen atoms in total. The van der Waals surface area contributed by atoms with Gasteiger partial charge in [-0.3, -0.25) is 4.79 Å². The van der Waals surface area contributed by atoms with E-state index in [0.717, 1.165) is 5.56 Å². The highest BCUT2D eigenvalue weighted by Crippen LogP contribution is 2.27. The van der Waals surface area contributed by atoms with Gasteiger partial charge in [0.1, 0.15) is 18.5 Å². The zero-order valence-corrected chi connectivity index (χ0v) is 20.1. The molecule has 0 radical (unpaired) electrons. The summed E-state index contributed by atoms with van der Waals surface area (Å²) in [7, 11) is 0. The topological polar surface area (TPSA) is 84.9 Å². The summed E-state index contributed by atoms with van der Waals surface area (Å²) in [5.74, 6) is -0.776. The highest BCUT2D eigenvalue weighted by atomic mass is 16.5. The second-order valence-corrected chi connectivity index (χ2v) is 10.1. The number of carbonyl (C=O) groups is 2. The number of phenolic OH excluding ortho intramolecular Hbond substituents is 1. The van der Waals surface area contributed by atoms with E-state index in [4.69, 9.17) is 9.47 Å². The van der Waals surface area contributed by atoms with Crippen LogP contribution in [0.15, 0.2) is 42.5 Å². The molecule has 0 fully saturated rings. The average molecular weight is 442 g/mol. The number of hydrogen-bond donors (Lipinski definition) is 2. The standard InChI is InChI=1S/C26H35NO5/c1-17-8-10-18(11-9-17)23(29)32-22(15-27-26(5,6)7)19-12-13-21(28)20(14-19)16-31-24(30)25(2,3)4/h8-14,22,27-28H,15-16H2,1-7H3.